The lowest BCUT2D eigenvalue weighted by molar-refractivity contribution is -0.135. The third-order valence-corrected chi connectivity index (χ3v) is 4.81. The highest BCUT2D eigenvalue weighted by Crippen LogP contribution is 2.17. The van der Waals surface area contributed by atoms with Crippen molar-refractivity contribution in [2.24, 2.45) is 0 Å². The summed E-state index contributed by atoms with van der Waals surface area (Å²) < 4.78 is 0. The molecule has 1 aromatic heterocycles. The minimum absolute atomic E-state index is 0.0211. The molecule has 1 saturated heterocycles. The number of carbonyl (C=O) groups is 2. The van der Waals surface area contributed by atoms with Gasteiger partial charge in [-0.2, -0.15) is 0 Å². The van der Waals surface area contributed by atoms with E-state index in [2.05, 4.69) is 42.7 Å². The topological polar surface area (TPSA) is 56.8 Å². The number of ketones is 1. The Morgan fingerprint density at radius 2 is 1.88 bits per heavy atom. The Hall–Kier alpha value is -1.79. The summed E-state index contributed by atoms with van der Waals surface area (Å²) in [5.41, 5.74) is 0.575. The Labute approximate surface area is 150 Å². The van der Waals surface area contributed by atoms with E-state index in [9.17, 15) is 9.59 Å². The summed E-state index contributed by atoms with van der Waals surface area (Å²) in [4.78, 5) is 35.2. The minimum Gasteiger partial charge on any atom is -0.340 e. The number of hydrogen-bond acceptors (Lipinski definition) is 5. The highest BCUT2D eigenvalue weighted by molar-refractivity contribution is 5.97. The van der Waals surface area contributed by atoms with E-state index >= 15 is 0 Å². The van der Waals surface area contributed by atoms with E-state index in [4.69, 9.17) is 0 Å². The van der Waals surface area contributed by atoms with E-state index in [0.717, 1.165) is 26.2 Å². The number of rotatable bonds is 7. The first-order valence-corrected chi connectivity index (χ1v) is 9.00. The maximum absolute atomic E-state index is 12.5. The average molecular weight is 346 g/mol. The molecule has 2 rings (SSSR count). The molecule has 0 bridgehead atoms. The van der Waals surface area contributed by atoms with Gasteiger partial charge in [0.25, 0.3) is 0 Å². The fourth-order valence-corrected chi connectivity index (χ4v) is 3.37. The summed E-state index contributed by atoms with van der Waals surface area (Å²) >= 11 is 0. The van der Waals surface area contributed by atoms with Gasteiger partial charge >= 0.3 is 0 Å². The number of nitrogens with zero attached hydrogens (tertiary/aromatic N) is 4. The quantitative estimate of drug-likeness (QED) is 0.701. The first-order valence-electron chi connectivity index (χ1n) is 9.00. The van der Waals surface area contributed by atoms with Crippen LogP contribution in [0.25, 0.3) is 0 Å². The molecular formula is C19H30N4O2. The van der Waals surface area contributed by atoms with Crippen LogP contribution in [0.4, 0.5) is 0 Å². The van der Waals surface area contributed by atoms with Crippen molar-refractivity contribution in [1.82, 2.24) is 19.7 Å². The van der Waals surface area contributed by atoms with Gasteiger partial charge in [0.15, 0.2) is 5.78 Å². The van der Waals surface area contributed by atoms with Crippen LogP contribution in [0.2, 0.25) is 0 Å². The molecule has 0 aliphatic carbocycles. The standard InChI is InChI=1S/C19H30N4O2/c1-15-13-22(14-16(2)23(15)11-10-21(3)4)19(25)8-7-18(24)17-6-5-9-20-12-17/h5-6,9,12,15-16H,7-8,10-11,13-14H2,1-4H3. The van der Waals surface area contributed by atoms with E-state index in [0.29, 0.717) is 17.6 Å². The molecule has 1 aliphatic heterocycles. The number of carbonyl (C=O) groups excluding carboxylic acids is 2. The van der Waals surface area contributed by atoms with E-state index < -0.39 is 0 Å². The van der Waals surface area contributed by atoms with Crippen molar-refractivity contribution in [3.8, 4) is 0 Å². The van der Waals surface area contributed by atoms with Crippen LogP contribution in [-0.2, 0) is 4.79 Å². The molecule has 1 aliphatic rings. The van der Waals surface area contributed by atoms with Crippen molar-refractivity contribution in [3.05, 3.63) is 30.1 Å². The molecule has 0 spiro atoms. The van der Waals surface area contributed by atoms with Gasteiger partial charge in [-0.25, -0.2) is 0 Å². The Balaban J connectivity index is 1.84. The summed E-state index contributed by atoms with van der Waals surface area (Å²) in [6.45, 7) is 7.84. The lowest BCUT2D eigenvalue weighted by Gasteiger charge is -2.44. The monoisotopic (exact) mass is 346 g/mol. The number of piperazine rings is 1. The molecule has 0 saturated carbocycles. The maximum atomic E-state index is 12.5. The SMILES string of the molecule is CC1CN(C(=O)CCC(=O)c2cccnc2)CC(C)N1CCN(C)C. The largest absolute Gasteiger partial charge is 0.340 e. The van der Waals surface area contributed by atoms with E-state index in [1.54, 1.807) is 24.5 Å². The van der Waals surface area contributed by atoms with Gasteiger partial charge in [0.2, 0.25) is 5.91 Å². The van der Waals surface area contributed by atoms with Crippen LogP contribution < -0.4 is 0 Å². The third kappa shape index (κ3) is 5.61. The number of aromatic nitrogens is 1. The normalized spacial score (nSPS) is 21.6. The second-order valence-electron chi connectivity index (χ2n) is 7.20. The lowest BCUT2D eigenvalue weighted by Crippen LogP contribution is -2.59. The van der Waals surface area contributed by atoms with Gasteiger partial charge in [0.1, 0.15) is 0 Å². The van der Waals surface area contributed by atoms with Crippen molar-refractivity contribution in [2.75, 3.05) is 40.3 Å². The second-order valence-corrected chi connectivity index (χ2v) is 7.20. The summed E-state index contributed by atoms with van der Waals surface area (Å²) in [6, 6.07) is 4.15. The van der Waals surface area contributed by atoms with Crippen LogP contribution in [0.5, 0.6) is 0 Å². The van der Waals surface area contributed by atoms with Crippen molar-refractivity contribution >= 4 is 11.7 Å². The highest BCUT2D eigenvalue weighted by Gasteiger charge is 2.31. The summed E-state index contributed by atoms with van der Waals surface area (Å²) in [7, 11) is 4.16. The van der Waals surface area contributed by atoms with Crippen LogP contribution in [-0.4, -0.2) is 83.7 Å². The number of amides is 1. The van der Waals surface area contributed by atoms with Crippen molar-refractivity contribution in [2.45, 2.75) is 38.8 Å². The zero-order valence-corrected chi connectivity index (χ0v) is 15.8. The number of pyridine rings is 1. The molecule has 25 heavy (non-hydrogen) atoms. The fraction of sp³-hybridized carbons (Fsp3) is 0.632. The van der Waals surface area contributed by atoms with E-state index in [1.165, 1.54) is 0 Å². The molecule has 0 N–H and O–H groups in total. The summed E-state index contributed by atoms with van der Waals surface area (Å²) in [6.07, 6.45) is 3.71. The number of Topliss-reactive ketones (excluding diaryl/α,β-unsaturated/α-hetero) is 1. The molecule has 0 aromatic carbocycles. The fourth-order valence-electron chi connectivity index (χ4n) is 3.37. The van der Waals surface area contributed by atoms with Crippen molar-refractivity contribution < 1.29 is 9.59 Å². The number of likely N-dealkylation sites (N-methyl/N-ethyl adjacent to an activating group) is 1. The van der Waals surface area contributed by atoms with Crippen LogP contribution in [0.1, 0.15) is 37.0 Å². The predicted molar refractivity (Wildman–Crippen MR) is 98.6 cm³/mol. The molecule has 1 aromatic rings. The molecular weight excluding hydrogens is 316 g/mol. The molecule has 6 nitrogen and oxygen atoms in total. The molecule has 6 heteroatoms. The molecule has 138 valence electrons. The lowest BCUT2D eigenvalue weighted by atomic mass is 10.1. The Morgan fingerprint density at radius 3 is 2.44 bits per heavy atom. The zero-order valence-electron chi connectivity index (χ0n) is 15.8. The first-order chi connectivity index (χ1) is 11.9. The Bertz CT molecular complexity index is 564. The summed E-state index contributed by atoms with van der Waals surface area (Å²) in [5.74, 6) is 0.0513. The van der Waals surface area contributed by atoms with Crippen molar-refractivity contribution in [3.63, 3.8) is 0 Å². The van der Waals surface area contributed by atoms with Crippen LogP contribution in [0.15, 0.2) is 24.5 Å². The zero-order chi connectivity index (χ0) is 18.4. The molecule has 2 atom stereocenters. The molecule has 1 fully saturated rings. The van der Waals surface area contributed by atoms with E-state index in [-0.39, 0.29) is 24.5 Å². The van der Waals surface area contributed by atoms with Gasteiger partial charge in [-0.3, -0.25) is 19.5 Å². The molecule has 0 radical (unpaired) electrons. The number of hydrogen-bond donors (Lipinski definition) is 0. The molecule has 2 heterocycles. The van der Waals surface area contributed by atoms with Gasteiger partial charge in [0.05, 0.1) is 0 Å². The van der Waals surface area contributed by atoms with Crippen LogP contribution >= 0.6 is 0 Å². The molecule has 1 amide bonds. The third-order valence-electron chi connectivity index (χ3n) is 4.81. The Kier molecular flexibility index (Phi) is 7.08. The molecule has 2 unspecified atom stereocenters. The van der Waals surface area contributed by atoms with Gasteiger partial charge in [-0.15, -0.1) is 0 Å². The van der Waals surface area contributed by atoms with Crippen molar-refractivity contribution in [1.29, 1.82) is 0 Å². The Morgan fingerprint density at radius 1 is 1.20 bits per heavy atom. The smallest absolute Gasteiger partial charge is 0.223 e. The predicted octanol–water partition coefficient (Wildman–Crippen LogP) is 1.53. The van der Waals surface area contributed by atoms with Gasteiger partial charge in [-0.05, 0) is 40.1 Å². The average Bonchev–Trinajstić information content (AvgIpc) is 2.59. The minimum atomic E-state index is -0.0211. The van der Waals surface area contributed by atoms with E-state index in [1.807, 2.05) is 4.90 Å². The summed E-state index contributed by atoms with van der Waals surface area (Å²) in [5, 5.41) is 0. The second kappa shape index (κ2) is 9.06. The van der Waals surface area contributed by atoms with Gasteiger partial charge < -0.3 is 9.80 Å². The van der Waals surface area contributed by atoms with Crippen LogP contribution in [0.3, 0.4) is 0 Å². The van der Waals surface area contributed by atoms with Crippen LogP contribution in [0, 0.1) is 0 Å². The maximum Gasteiger partial charge on any atom is 0.223 e. The highest BCUT2D eigenvalue weighted by atomic mass is 16.2. The first kappa shape index (κ1) is 19.5. The van der Waals surface area contributed by atoms with Gasteiger partial charge in [-0.1, -0.05) is 0 Å². The van der Waals surface area contributed by atoms with Gasteiger partial charge in [0, 0.05) is 69.1 Å².